The number of allylic oxidation sites excluding steroid dienone is 1. The van der Waals surface area contributed by atoms with Gasteiger partial charge in [-0.05, 0) is 84.9 Å². The van der Waals surface area contributed by atoms with Crippen LogP contribution in [0.2, 0.25) is 5.02 Å². The van der Waals surface area contributed by atoms with E-state index in [0.29, 0.717) is 36.9 Å². The SMILES string of the molecule is CC[C@H]1CN2Cc3ccc(Cl)cc3CCCCOc3ccc(cc32)C(=O)N=S(=O)(NC(=O)c2cn(C)nc2OC)C[C@@H]2C=C[C@H](C2)[C@@H](OC)[C@@H]1CC. The Hall–Kier alpha value is -3.87. The van der Waals surface area contributed by atoms with E-state index in [0.717, 1.165) is 37.8 Å². The number of hydrogen-bond donors (Lipinski definition) is 1. The topological polar surface area (TPSA) is 124 Å². The summed E-state index contributed by atoms with van der Waals surface area (Å²) in [5.74, 6) is -0.363. The number of amides is 2. The van der Waals surface area contributed by atoms with Crippen LogP contribution in [0.5, 0.6) is 11.6 Å². The third-order valence-electron chi connectivity index (χ3n) is 10.7. The average Bonchev–Trinajstić information content (AvgIpc) is 3.74. The van der Waals surface area contributed by atoms with Gasteiger partial charge in [0.2, 0.25) is 5.88 Å². The van der Waals surface area contributed by atoms with Gasteiger partial charge in [-0.2, -0.15) is 0 Å². The van der Waals surface area contributed by atoms with Gasteiger partial charge in [0.1, 0.15) is 21.2 Å². The quantitative estimate of drug-likeness (QED) is 0.267. The number of benzene rings is 2. The van der Waals surface area contributed by atoms with Gasteiger partial charge >= 0.3 is 0 Å². The minimum absolute atomic E-state index is 0.0377. The molecule has 2 amide bonds. The first-order valence-electron chi connectivity index (χ1n) is 18.2. The van der Waals surface area contributed by atoms with Crippen molar-refractivity contribution in [3.8, 4) is 11.6 Å². The molecule has 13 heteroatoms. The van der Waals surface area contributed by atoms with Crippen molar-refractivity contribution in [3.63, 3.8) is 0 Å². The van der Waals surface area contributed by atoms with Crippen LogP contribution in [0.4, 0.5) is 5.69 Å². The average molecular weight is 752 g/mol. The highest BCUT2D eigenvalue weighted by atomic mass is 35.5. The number of rotatable bonds is 6. The van der Waals surface area contributed by atoms with Gasteiger partial charge in [-0.3, -0.25) is 19.0 Å². The molecule has 11 nitrogen and oxygen atoms in total. The van der Waals surface area contributed by atoms with Crippen molar-refractivity contribution in [2.24, 2.45) is 35.1 Å². The lowest BCUT2D eigenvalue weighted by Gasteiger charge is -2.39. The number of aryl methyl sites for hydroxylation is 2. The standard InChI is InChI=1S/C39H50ClN5O6S/c1-6-26-21-45-22-30-13-15-31(40)19-27(30)10-8-9-17-51-35-16-14-29(20-34(35)45)37(46)42-52(48,43-38(47)33-23-44(3)41-39(33)50-5)24-25-11-12-28(18-25)36(49-4)32(26)7-2/h11-16,19-20,23,25-26,28,32,36H,6-10,17-18,21-22,24H2,1-5H3,(H,42,43,46,47,48)/t25-,26+,28-,32-,36-,52?/m1/s1. The minimum atomic E-state index is -3.64. The third kappa shape index (κ3) is 8.34. The Labute approximate surface area is 312 Å². The number of carbonyl (C=O) groups is 2. The monoisotopic (exact) mass is 751 g/mol. The van der Waals surface area contributed by atoms with Gasteiger partial charge < -0.3 is 19.1 Å². The lowest BCUT2D eigenvalue weighted by atomic mass is 9.77. The van der Waals surface area contributed by atoms with E-state index < -0.39 is 21.7 Å². The second-order valence-corrected chi connectivity index (χ2v) is 16.6. The van der Waals surface area contributed by atoms with Crippen LogP contribution in [0, 0.1) is 23.7 Å². The summed E-state index contributed by atoms with van der Waals surface area (Å²) in [6, 6.07) is 11.4. The highest BCUT2D eigenvalue weighted by Crippen LogP contribution is 2.40. The second-order valence-electron chi connectivity index (χ2n) is 14.1. The molecule has 1 unspecified atom stereocenters. The van der Waals surface area contributed by atoms with Gasteiger partial charge in [0.05, 0.1) is 31.3 Å². The molecule has 0 radical (unpaired) electrons. The molecule has 3 heterocycles. The van der Waals surface area contributed by atoms with Crippen LogP contribution >= 0.6 is 11.6 Å². The Morgan fingerprint density at radius 2 is 1.92 bits per heavy atom. The van der Waals surface area contributed by atoms with Gasteiger partial charge in [0, 0.05) is 49.9 Å². The molecule has 6 rings (SSSR count). The van der Waals surface area contributed by atoms with Gasteiger partial charge in [-0.25, -0.2) is 4.21 Å². The van der Waals surface area contributed by atoms with Crippen molar-refractivity contribution in [1.29, 1.82) is 0 Å². The number of fused-ring (bicyclic) bond motifs is 4. The molecular formula is C39H50ClN5O6S. The first-order valence-corrected chi connectivity index (χ1v) is 20.3. The molecule has 0 fully saturated rings. The Balaban J connectivity index is 1.50. The maximum Gasteiger partial charge on any atom is 0.286 e. The zero-order chi connectivity index (χ0) is 37.0. The molecular weight excluding hydrogens is 702 g/mol. The highest BCUT2D eigenvalue weighted by molar-refractivity contribution is 7.92. The normalized spacial score (nSPS) is 26.5. The van der Waals surface area contributed by atoms with E-state index in [1.54, 1.807) is 26.3 Å². The number of methoxy groups -OCH3 is 2. The number of hydrogen-bond acceptors (Lipinski definition) is 8. The van der Waals surface area contributed by atoms with Gasteiger partial charge in [0.15, 0.2) is 0 Å². The van der Waals surface area contributed by atoms with Crippen LogP contribution in [-0.2, 0) is 34.7 Å². The molecule has 4 bridgehead atoms. The molecule has 1 aromatic heterocycles. The second kappa shape index (κ2) is 16.4. The predicted octanol–water partition coefficient (Wildman–Crippen LogP) is 7.03. The number of aromatic nitrogens is 2. The summed E-state index contributed by atoms with van der Waals surface area (Å²) in [6.07, 6.45) is 10.7. The molecule has 1 N–H and O–H groups in total. The van der Waals surface area contributed by atoms with Crippen LogP contribution < -0.4 is 19.1 Å². The molecule has 0 saturated carbocycles. The molecule has 280 valence electrons. The summed E-state index contributed by atoms with van der Waals surface area (Å²) in [5, 5.41) is 4.87. The van der Waals surface area contributed by atoms with E-state index in [4.69, 9.17) is 25.8 Å². The molecule has 0 spiro atoms. The van der Waals surface area contributed by atoms with Crippen LogP contribution in [0.3, 0.4) is 0 Å². The highest BCUT2D eigenvalue weighted by Gasteiger charge is 2.38. The number of carbonyl (C=O) groups excluding carboxylic acids is 2. The van der Waals surface area contributed by atoms with Crippen molar-refractivity contribution in [3.05, 3.63) is 82.0 Å². The Morgan fingerprint density at radius 3 is 2.67 bits per heavy atom. The van der Waals surface area contributed by atoms with Crippen molar-refractivity contribution in [2.45, 2.75) is 65.0 Å². The Kier molecular flexibility index (Phi) is 12.0. The van der Waals surface area contributed by atoms with Crippen LogP contribution in [0.1, 0.15) is 77.8 Å². The van der Waals surface area contributed by atoms with E-state index in [1.807, 2.05) is 18.2 Å². The van der Waals surface area contributed by atoms with Crippen molar-refractivity contribution >= 4 is 39.0 Å². The molecule has 1 aliphatic carbocycles. The third-order valence-corrected chi connectivity index (χ3v) is 12.8. The molecule has 3 aliphatic rings. The zero-order valence-electron chi connectivity index (χ0n) is 30.7. The van der Waals surface area contributed by atoms with Gasteiger partial charge in [-0.1, -0.05) is 56.5 Å². The molecule has 52 heavy (non-hydrogen) atoms. The van der Waals surface area contributed by atoms with E-state index in [9.17, 15) is 13.8 Å². The molecule has 3 aromatic rings. The minimum Gasteiger partial charge on any atom is -0.491 e. The smallest absolute Gasteiger partial charge is 0.286 e. The van der Waals surface area contributed by atoms with Crippen LogP contribution in [0.25, 0.3) is 0 Å². The fourth-order valence-electron chi connectivity index (χ4n) is 8.13. The largest absolute Gasteiger partial charge is 0.491 e. The summed E-state index contributed by atoms with van der Waals surface area (Å²) in [7, 11) is 1.20. The Bertz CT molecular complexity index is 1940. The molecule has 2 aliphatic heterocycles. The predicted molar refractivity (Wildman–Crippen MR) is 203 cm³/mol. The molecule has 6 atom stereocenters. The maximum atomic E-state index is 14.8. The van der Waals surface area contributed by atoms with Gasteiger partial charge in [-0.15, -0.1) is 9.46 Å². The van der Waals surface area contributed by atoms with Crippen molar-refractivity contribution in [2.75, 3.05) is 38.0 Å². The number of halogens is 1. The molecule has 2 aromatic carbocycles. The van der Waals surface area contributed by atoms with Crippen LogP contribution in [-0.4, -0.2) is 65.0 Å². The number of nitrogens with one attached hydrogen (secondary N) is 1. The number of nitrogens with zero attached hydrogens (tertiary/aromatic N) is 4. The van der Waals surface area contributed by atoms with Crippen molar-refractivity contribution in [1.82, 2.24) is 14.5 Å². The lowest BCUT2D eigenvalue weighted by molar-refractivity contribution is -0.00527. The first-order chi connectivity index (χ1) is 25.0. The van der Waals surface area contributed by atoms with E-state index in [2.05, 4.69) is 51.1 Å². The fraction of sp³-hybridized carbons (Fsp3) is 0.513. The van der Waals surface area contributed by atoms with Crippen LogP contribution in [0.15, 0.2) is 59.1 Å². The lowest BCUT2D eigenvalue weighted by Crippen LogP contribution is -2.40. The summed E-state index contributed by atoms with van der Waals surface area (Å²) in [4.78, 5) is 30.1. The van der Waals surface area contributed by atoms with E-state index in [-0.39, 0.29) is 52.5 Å². The Morgan fingerprint density at radius 1 is 1.10 bits per heavy atom. The molecule has 0 saturated heterocycles. The van der Waals surface area contributed by atoms with E-state index >= 15 is 0 Å². The summed E-state index contributed by atoms with van der Waals surface area (Å²) in [6.45, 7) is 6.24. The summed E-state index contributed by atoms with van der Waals surface area (Å²) >= 11 is 6.50. The van der Waals surface area contributed by atoms with Gasteiger partial charge in [0.25, 0.3) is 11.8 Å². The first kappa shape index (κ1) is 37.9. The zero-order valence-corrected chi connectivity index (χ0v) is 32.3. The van der Waals surface area contributed by atoms with Crippen molar-refractivity contribution < 1.29 is 28.0 Å². The fourth-order valence-corrected chi connectivity index (χ4v) is 10.1. The number of ether oxygens (including phenoxy) is 3. The maximum absolute atomic E-state index is 14.8. The number of anilines is 1. The summed E-state index contributed by atoms with van der Waals surface area (Å²) in [5.41, 5.74) is 3.48. The summed E-state index contributed by atoms with van der Waals surface area (Å²) < 4.78 is 41.2. The van der Waals surface area contributed by atoms with E-state index in [1.165, 1.54) is 29.1 Å².